The van der Waals surface area contributed by atoms with Crippen LogP contribution in [0.1, 0.15) is 17.3 Å². The highest BCUT2D eigenvalue weighted by atomic mass is 16.5. The van der Waals surface area contributed by atoms with Gasteiger partial charge in [0.2, 0.25) is 0 Å². The zero-order valence-corrected chi connectivity index (χ0v) is 12.7. The van der Waals surface area contributed by atoms with Crippen LogP contribution < -0.4 is 4.74 Å². The lowest BCUT2D eigenvalue weighted by atomic mass is 10.0. The standard InChI is InChI=1S/C13H13NO2.C3H9N/c1-9(15)12-7-14-8-13(12)10-3-5-11(16-2)6-4-10;1-4(2)3/h3-8,14H,1-2H3;1-3H3. The van der Waals surface area contributed by atoms with Crippen molar-refractivity contribution >= 4 is 5.78 Å². The van der Waals surface area contributed by atoms with Crippen LogP contribution in [-0.4, -0.2) is 43.9 Å². The molecule has 1 aromatic carbocycles. The van der Waals surface area contributed by atoms with Gasteiger partial charge < -0.3 is 14.6 Å². The van der Waals surface area contributed by atoms with E-state index in [0.717, 1.165) is 16.9 Å². The molecule has 1 heterocycles. The monoisotopic (exact) mass is 274 g/mol. The Balaban J connectivity index is 0.000000444. The summed E-state index contributed by atoms with van der Waals surface area (Å²) in [7, 11) is 7.63. The topological polar surface area (TPSA) is 45.3 Å². The first-order valence-electron chi connectivity index (χ1n) is 6.38. The lowest BCUT2D eigenvalue weighted by Gasteiger charge is -2.03. The first-order chi connectivity index (χ1) is 9.45. The summed E-state index contributed by atoms with van der Waals surface area (Å²) >= 11 is 0. The van der Waals surface area contributed by atoms with Crippen LogP contribution in [0, 0.1) is 0 Å². The molecule has 0 amide bonds. The van der Waals surface area contributed by atoms with Crippen LogP contribution in [0.15, 0.2) is 36.7 Å². The predicted molar refractivity (Wildman–Crippen MR) is 82.4 cm³/mol. The Kier molecular flexibility index (Phi) is 6.00. The number of aromatic amines is 1. The fourth-order valence-corrected chi connectivity index (χ4v) is 1.66. The smallest absolute Gasteiger partial charge is 0.161 e. The van der Waals surface area contributed by atoms with E-state index in [-0.39, 0.29) is 5.78 Å². The number of nitrogens with zero attached hydrogens (tertiary/aromatic N) is 1. The Bertz CT molecular complexity index is 539. The number of hydrogen-bond acceptors (Lipinski definition) is 3. The van der Waals surface area contributed by atoms with E-state index in [2.05, 4.69) is 4.98 Å². The third-order valence-corrected chi connectivity index (χ3v) is 2.53. The van der Waals surface area contributed by atoms with E-state index in [1.54, 1.807) is 20.2 Å². The molecular formula is C16H22N2O2. The maximum absolute atomic E-state index is 11.4. The van der Waals surface area contributed by atoms with Gasteiger partial charge in [0.1, 0.15) is 5.75 Å². The lowest BCUT2D eigenvalue weighted by molar-refractivity contribution is 0.101. The highest BCUT2D eigenvalue weighted by molar-refractivity contribution is 6.00. The zero-order chi connectivity index (χ0) is 15.1. The number of methoxy groups -OCH3 is 1. The van der Waals surface area contributed by atoms with Gasteiger partial charge in [-0.3, -0.25) is 4.79 Å². The number of ether oxygens (including phenoxy) is 1. The number of ketones is 1. The van der Waals surface area contributed by atoms with Crippen molar-refractivity contribution < 1.29 is 9.53 Å². The molecule has 4 heteroatoms. The molecule has 2 aromatic rings. The Morgan fingerprint density at radius 2 is 1.65 bits per heavy atom. The van der Waals surface area contributed by atoms with Gasteiger partial charge in [0, 0.05) is 23.5 Å². The van der Waals surface area contributed by atoms with Crippen molar-refractivity contribution in [3.8, 4) is 16.9 Å². The maximum atomic E-state index is 11.4. The molecule has 0 saturated carbocycles. The van der Waals surface area contributed by atoms with E-state index in [9.17, 15) is 4.79 Å². The van der Waals surface area contributed by atoms with E-state index in [1.807, 2.05) is 56.5 Å². The van der Waals surface area contributed by atoms with Crippen molar-refractivity contribution in [3.05, 3.63) is 42.2 Å². The van der Waals surface area contributed by atoms with Crippen LogP contribution in [0.5, 0.6) is 5.75 Å². The molecule has 0 radical (unpaired) electrons. The minimum atomic E-state index is 0.0621. The van der Waals surface area contributed by atoms with Crippen LogP contribution in [-0.2, 0) is 0 Å². The highest BCUT2D eigenvalue weighted by Gasteiger charge is 2.09. The van der Waals surface area contributed by atoms with Crippen LogP contribution >= 0.6 is 0 Å². The molecular weight excluding hydrogens is 252 g/mol. The molecule has 0 fully saturated rings. The quantitative estimate of drug-likeness (QED) is 0.875. The van der Waals surface area contributed by atoms with Crippen LogP contribution in [0.4, 0.5) is 0 Å². The van der Waals surface area contributed by atoms with Crippen molar-refractivity contribution in [2.75, 3.05) is 28.3 Å². The Hall–Kier alpha value is -2.07. The Labute approximate surface area is 120 Å². The summed E-state index contributed by atoms with van der Waals surface area (Å²) < 4.78 is 5.09. The first-order valence-corrected chi connectivity index (χ1v) is 6.38. The van der Waals surface area contributed by atoms with Crippen molar-refractivity contribution in [2.45, 2.75) is 6.92 Å². The van der Waals surface area contributed by atoms with Gasteiger partial charge in [0.05, 0.1) is 7.11 Å². The molecule has 0 unspecified atom stereocenters. The molecule has 0 saturated heterocycles. The van der Waals surface area contributed by atoms with Crippen molar-refractivity contribution in [1.82, 2.24) is 9.88 Å². The van der Waals surface area contributed by atoms with Crippen molar-refractivity contribution in [1.29, 1.82) is 0 Å². The molecule has 0 atom stereocenters. The second-order valence-corrected chi connectivity index (χ2v) is 4.91. The molecule has 0 spiro atoms. The van der Waals surface area contributed by atoms with Crippen molar-refractivity contribution in [2.24, 2.45) is 0 Å². The van der Waals surface area contributed by atoms with Gasteiger partial charge in [-0.2, -0.15) is 0 Å². The summed E-state index contributed by atoms with van der Waals surface area (Å²) in [6.07, 6.45) is 3.56. The number of hydrogen-bond donors (Lipinski definition) is 1. The normalized spacial score (nSPS) is 9.90. The second kappa shape index (κ2) is 7.50. The number of benzene rings is 1. The van der Waals surface area contributed by atoms with Crippen LogP contribution in [0.2, 0.25) is 0 Å². The van der Waals surface area contributed by atoms with Gasteiger partial charge in [-0.05, 0) is 45.8 Å². The van der Waals surface area contributed by atoms with E-state index in [0.29, 0.717) is 5.56 Å². The molecule has 20 heavy (non-hydrogen) atoms. The summed E-state index contributed by atoms with van der Waals surface area (Å²) in [6, 6.07) is 7.64. The summed E-state index contributed by atoms with van der Waals surface area (Å²) in [5.41, 5.74) is 2.65. The van der Waals surface area contributed by atoms with Gasteiger partial charge in [-0.25, -0.2) is 0 Å². The summed E-state index contributed by atoms with van der Waals surface area (Å²) in [5, 5.41) is 0. The minimum Gasteiger partial charge on any atom is -0.497 e. The summed E-state index contributed by atoms with van der Waals surface area (Å²) in [4.78, 5) is 16.3. The van der Waals surface area contributed by atoms with Crippen LogP contribution in [0.3, 0.4) is 0 Å². The molecule has 1 N–H and O–H groups in total. The number of nitrogens with one attached hydrogen (secondary N) is 1. The van der Waals surface area contributed by atoms with E-state index in [1.165, 1.54) is 0 Å². The molecule has 2 rings (SSSR count). The number of carbonyl (C=O) groups excluding carboxylic acids is 1. The number of aromatic nitrogens is 1. The van der Waals surface area contributed by atoms with Crippen molar-refractivity contribution in [3.63, 3.8) is 0 Å². The SMILES string of the molecule is CN(C)C.COc1ccc(-c2c[nH]cc2C(C)=O)cc1. The average molecular weight is 274 g/mol. The van der Waals surface area contributed by atoms with Gasteiger partial charge in [0.15, 0.2) is 5.78 Å². The molecule has 108 valence electrons. The number of rotatable bonds is 3. The number of carbonyl (C=O) groups is 1. The van der Waals surface area contributed by atoms with Gasteiger partial charge in [-0.1, -0.05) is 12.1 Å². The maximum Gasteiger partial charge on any atom is 0.161 e. The highest BCUT2D eigenvalue weighted by Crippen LogP contribution is 2.25. The Morgan fingerprint density at radius 3 is 2.10 bits per heavy atom. The third-order valence-electron chi connectivity index (χ3n) is 2.53. The summed E-state index contributed by atoms with van der Waals surface area (Å²) in [6.45, 7) is 1.57. The van der Waals surface area contributed by atoms with E-state index < -0.39 is 0 Å². The molecule has 1 aromatic heterocycles. The first kappa shape index (κ1) is 16.0. The second-order valence-electron chi connectivity index (χ2n) is 4.91. The molecule has 4 nitrogen and oxygen atoms in total. The zero-order valence-electron chi connectivity index (χ0n) is 12.7. The molecule has 0 aliphatic rings. The third kappa shape index (κ3) is 4.55. The Morgan fingerprint density at radius 1 is 1.10 bits per heavy atom. The predicted octanol–water partition coefficient (Wildman–Crippen LogP) is 3.07. The average Bonchev–Trinajstić information content (AvgIpc) is 2.87. The fraction of sp³-hybridized carbons (Fsp3) is 0.312. The van der Waals surface area contributed by atoms with Gasteiger partial charge in [0.25, 0.3) is 0 Å². The van der Waals surface area contributed by atoms with Crippen LogP contribution in [0.25, 0.3) is 11.1 Å². The van der Waals surface area contributed by atoms with E-state index >= 15 is 0 Å². The van der Waals surface area contributed by atoms with Gasteiger partial charge in [-0.15, -0.1) is 0 Å². The van der Waals surface area contributed by atoms with Gasteiger partial charge >= 0.3 is 0 Å². The van der Waals surface area contributed by atoms with E-state index in [4.69, 9.17) is 4.74 Å². The number of Topliss-reactive ketones (excluding diaryl/α,β-unsaturated/α-hetero) is 1. The molecule has 0 bridgehead atoms. The summed E-state index contributed by atoms with van der Waals surface area (Å²) in [5.74, 6) is 0.871. The lowest BCUT2D eigenvalue weighted by Crippen LogP contribution is -1.99. The number of H-pyrrole nitrogens is 1. The largest absolute Gasteiger partial charge is 0.497 e. The molecule has 0 aliphatic carbocycles. The minimum absolute atomic E-state index is 0.0621. The fourth-order valence-electron chi connectivity index (χ4n) is 1.66. The molecule has 0 aliphatic heterocycles.